The summed E-state index contributed by atoms with van der Waals surface area (Å²) in [6, 6.07) is 2.65. The molecule has 0 saturated carbocycles. The van der Waals surface area contributed by atoms with Gasteiger partial charge in [-0.05, 0) is 12.1 Å². The Bertz CT molecular complexity index is 1410. The maximum Gasteiger partial charge on any atom is 0.433 e. The number of hydrogen-bond donors (Lipinski definition) is 1. The molecule has 0 spiro atoms. The van der Waals surface area contributed by atoms with Gasteiger partial charge in [-0.15, -0.1) is 0 Å². The van der Waals surface area contributed by atoms with Gasteiger partial charge >= 0.3 is 6.18 Å². The van der Waals surface area contributed by atoms with Crippen molar-refractivity contribution in [3.63, 3.8) is 0 Å². The first-order valence-electron chi connectivity index (χ1n) is 9.99. The highest BCUT2D eigenvalue weighted by Gasteiger charge is 2.46. The minimum atomic E-state index is -4.81. The van der Waals surface area contributed by atoms with Gasteiger partial charge < -0.3 is 14.6 Å². The fourth-order valence-corrected chi connectivity index (χ4v) is 4.10. The van der Waals surface area contributed by atoms with Crippen LogP contribution in [0.2, 0.25) is 0 Å². The third kappa shape index (κ3) is 5.33. The number of nitrogens with zero attached hydrogens (tertiary/aromatic N) is 4. The van der Waals surface area contributed by atoms with Crippen molar-refractivity contribution in [2.24, 2.45) is 0 Å². The molecule has 1 amide bonds. The Morgan fingerprint density at radius 1 is 1.17 bits per heavy atom. The lowest BCUT2D eigenvalue weighted by molar-refractivity contribution is -0.141. The zero-order valence-electron chi connectivity index (χ0n) is 17.9. The molecule has 0 aliphatic carbocycles. The summed E-state index contributed by atoms with van der Waals surface area (Å²) in [5, 5.41) is 2.24. The number of halogens is 6. The highest BCUT2D eigenvalue weighted by atomic mass is 32.2. The van der Waals surface area contributed by atoms with Crippen LogP contribution in [0.25, 0.3) is 5.65 Å². The van der Waals surface area contributed by atoms with Crippen molar-refractivity contribution in [3.8, 4) is 0 Å². The van der Waals surface area contributed by atoms with Gasteiger partial charge in [-0.3, -0.25) is 4.79 Å². The number of alkyl halides is 5. The second kappa shape index (κ2) is 8.39. The van der Waals surface area contributed by atoms with Crippen LogP contribution in [0.3, 0.4) is 0 Å². The first kappa shape index (κ1) is 24.8. The highest BCUT2D eigenvalue weighted by Crippen LogP contribution is 2.39. The maximum atomic E-state index is 15.4. The quantitative estimate of drug-likeness (QED) is 0.501. The molecular formula is C20H17F6N5O3S. The van der Waals surface area contributed by atoms with Gasteiger partial charge in [0.1, 0.15) is 26.9 Å². The summed E-state index contributed by atoms with van der Waals surface area (Å²) in [5.74, 6) is -5.56. The van der Waals surface area contributed by atoms with Crippen molar-refractivity contribution >= 4 is 32.8 Å². The van der Waals surface area contributed by atoms with E-state index in [4.69, 9.17) is 0 Å². The fourth-order valence-electron chi connectivity index (χ4n) is 3.52. The summed E-state index contributed by atoms with van der Waals surface area (Å²) in [4.78, 5) is 20.9. The first-order chi connectivity index (χ1) is 16.1. The predicted octanol–water partition coefficient (Wildman–Crippen LogP) is 3.18. The Labute approximate surface area is 194 Å². The van der Waals surface area contributed by atoms with Crippen LogP contribution in [-0.2, 0) is 22.4 Å². The Kier molecular flexibility index (Phi) is 5.93. The summed E-state index contributed by atoms with van der Waals surface area (Å²) in [6.07, 6.45) is -1.38. The second-order valence-corrected chi connectivity index (χ2v) is 10.4. The molecule has 4 heterocycles. The number of aryl methyl sites for hydroxylation is 1. The Morgan fingerprint density at radius 3 is 2.46 bits per heavy atom. The SMILES string of the molecule is CS(=O)(=O)CCc1cn2cc(NC(=O)c3cccc(C(F)(F)F)n3)c(N3CC(F)(F)C3)c(F)c2n1. The molecule has 0 radical (unpaired) electrons. The van der Waals surface area contributed by atoms with Crippen LogP contribution >= 0.6 is 0 Å². The smallest absolute Gasteiger partial charge is 0.355 e. The van der Waals surface area contributed by atoms with Crippen molar-refractivity contribution in [1.82, 2.24) is 14.4 Å². The summed E-state index contributed by atoms with van der Waals surface area (Å²) < 4.78 is 105. The normalized spacial score (nSPS) is 15.8. The summed E-state index contributed by atoms with van der Waals surface area (Å²) in [5.41, 5.74) is -2.78. The monoisotopic (exact) mass is 521 g/mol. The molecule has 1 aliphatic rings. The Hall–Kier alpha value is -3.36. The average Bonchev–Trinajstić information content (AvgIpc) is 3.13. The minimum absolute atomic E-state index is 0.0487. The van der Waals surface area contributed by atoms with Crippen molar-refractivity contribution in [1.29, 1.82) is 0 Å². The first-order valence-corrected chi connectivity index (χ1v) is 12.1. The predicted molar refractivity (Wildman–Crippen MR) is 113 cm³/mol. The molecule has 1 fully saturated rings. The molecule has 0 aromatic carbocycles. The van der Waals surface area contributed by atoms with Crippen LogP contribution in [-0.4, -0.2) is 59.7 Å². The molecule has 0 atom stereocenters. The van der Waals surface area contributed by atoms with Gasteiger partial charge in [0.2, 0.25) is 0 Å². The van der Waals surface area contributed by atoms with E-state index in [-0.39, 0.29) is 29.2 Å². The van der Waals surface area contributed by atoms with Gasteiger partial charge in [-0.2, -0.15) is 13.2 Å². The lowest BCUT2D eigenvalue weighted by Gasteiger charge is -2.41. The largest absolute Gasteiger partial charge is 0.433 e. The number of amides is 1. The van der Waals surface area contributed by atoms with Crippen molar-refractivity contribution in [2.45, 2.75) is 18.5 Å². The van der Waals surface area contributed by atoms with E-state index in [2.05, 4.69) is 15.3 Å². The molecule has 188 valence electrons. The van der Waals surface area contributed by atoms with Crippen molar-refractivity contribution in [2.75, 3.05) is 35.3 Å². The molecule has 0 unspecified atom stereocenters. The average molecular weight is 521 g/mol. The standard InChI is InChI=1S/C20H17F6N5O3S/c1-35(33,34)6-5-11-7-30-8-13(16(15(21)17(30)27-11)31-9-19(22,23)10-31)29-18(32)12-3-2-4-14(28-12)20(24,25)26/h2-4,7-8H,5-6,9-10H2,1H3,(H,29,32). The van der Waals surface area contributed by atoms with Gasteiger partial charge in [0.15, 0.2) is 11.5 Å². The van der Waals surface area contributed by atoms with Gasteiger partial charge in [0, 0.05) is 25.1 Å². The van der Waals surface area contributed by atoms with Gasteiger partial charge in [-0.25, -0.2) is 31.6 Å². The Morgan fingerprint density at radius 2 is 1.86 bits per heavy atom. The number of hydrogen-bond acceptors (Lipinski definition) is 6. The Balaban J connectivity index is 1.73. The number of pyridine rings is 2. The van der Waals surface area contributed by atoms with Gasteiger partial charge in [0.25, 0.3) is 11.8 Å². The molecule has 3 aromatic heterocycles. The third-order valence-corrected chi connectivity index (χ3v) is 6.07. The topological polar surface area (TPSA) is 96.7 Å². The molecule has 0 bridgehead atoms. The van der Waals surface area contributed by atoms with Crippen LogP contribution in [0.5, 0.6) is 0 Å². The lowest BCUT2D eigenvalue weighted by Crippen LogP contribution is -2.57. The van der Waals surface area contributed by atoms with E-state index >= 15 is 4.39 Å². The number of rotatable bonds is 6. The number of anilines is 2. The van der Waals surface area contributed by atoms with Crippen LogP contribution < -0.4 is 10.2 Å². The van der Waals surface area contributed by atoms with Gasteiger partial charge in [-0.1, -0.05) is 6.07 Å². The van der Waals surface area contributed by atoms with Crippen molar-refractivity contribution in [3.05, 3.63) is 53.5 Å². The third-order valence-electron chi connectivity index (χ3n) is 5.12. The van der Waals surface area contributed by atoms with Crippen LogP contribution in [0.15, 0.2) is 30.6 Å². The van der Waals surface area contributed by atoms with E-state index in [0.717, 1.165) is 33.9 Å². The number of carbonyl (C=O) groups is 1. The zero-order chi connectivity index (χ0) is 25.8. The summed E-state index contributed by atoms with van der Waals surface area (Å²) in [6.45, 7) is -1.71. The fraction of sp³-hybridized carbons (Fsp3) is 0.350. The molecule has 1 aliphatic heterocycles. The minimum Gasteiger partial charge on any atom is -0.355 e. The van der Waals surface area contributed by atoms with E-state index in [0.29, 0.717) is 6.07 Å². The van der Waals surface area contributed by atoms with Crippen LogP contribution in [0, 0.1) is 5.82 Å². The van der Waals surface area contributed by atoms with E-state index in [1.165, 1.54) is 6.20 Å². The highest BCUT2D eigenvalue weighted by molar-refractivity contribution is 7.90. The van der Waals surface area contributed by atoms with Crippen LogP contribution in [0.1, 0.15) is 21.9 Å². The zero-order valence-corrected chi connectivity index (χ0v) is 18.7. The number of imidazole rings is 1. The van der Waals surface area contributed by atoms with E-state index < -0.39 is 63.8 Å². The number of carbonyl (C=O) groups excluding carboxylic acids is 1. The maximum absolute atomic E-state index is 15.4. The van der Waals surface area contributed by atoms with Crippen molar-refractivity contribution < 1.29 is 39.6 Å². The number of fused-ring (bicyclic) bond motifs is 1. The number of aromatic nitrogens is 3. The van der Waals surface area contributed by atoms with E-state index in [9.17, 15) is 35.2 Å². The molecular weight excluding hydrogens is 504 g/mol. The molecule has 1 N–H and O–H groups in total. The second-order valence-electron chi connectivity index (χ2n) is 8.12. The lowest BCUT2D eigenvalue weighted by atomic mass is 10.1. The number of sulfone groups is 1. The molecule has 3 aromatic rings. The number of nitrogens with one attached hydrogen (secondary N) is 1. The van der Waals surface area contributed by atoms with Gasteiger partial charge in [0.05, 0.1) is 30.2 Å². The molecule has 15 heteroatoms. The summed E-state index contributed by atoms with van der Waals surface area (Å²) >= 11 is 0. The van der Waals surface area contributed by atoms with E-state index in [1.54, 1.807) is 0 Å². The molecule has 4 rings (SSSR count). The molecule has 8 nitrogen and oxygen atoms in total. The molecule has 1 saturated heterocycles. The summed E-state index contributed by atoms with van der Waals surface area (Å²) in [7, 11) is -3.35. The van der Waals surface area contributed by atoms with Crippen LogP contribution in [0.4, 0.5) is 37.7 Å². The van der Waals surface area contributed by atoms with E-state index in [1.807, 2.05) is 0 Å². The molecule has 35 heavy (non-hydrogen) atoms.